The number of allylic oxidation sites excluding steroid dienone is 2. The Labute approximate surface area is 99.7 Å². The molecular formula is C14H26O2. The highest BCUT2D eigenvalue weighted by atomic mass is 16.5. The second-order valence-corrected chi connectivity index (χ2v) is 5.74. The summed E-state index contributed by atoms with van der Waals surface area (Å²) < 4.78 is 5.90. The molecule has 1 rings (SSSR count). The Bertz CT molecular complexity index is 266. The molecule has 0 fully saturated rings. The summed E-state index contributed by atoms with van der Waals surface area (Å²) in [5.74, 6) is 0.522. The minimum absolute atomic E-state index is 0.0910. The molecule has 0 heterocycles. The smallest absolute Gasteiger partial charge is 0.0806 e. The van der Waals surface area contributed by atoms with Crippen LogP contribution < -0.4 is 0 Å². The van der Waals surface area contributed by atoms with Crippen LogP contribution in [0.1, 0.15) is 48.0 Å². The van der Waals surface area contributed by atoms with Gasteiger partial charge in [-0.15, -0.1) is 0 Å². The van der Waals surface area contributed by atoms with E-state index in [9.17, 15) is 5.11 Å². The SMILES string of the molecule is CC1=CCC(C(C)OC(C)C(C)O)C1(C)C. The molecule has 0 saturated carbocycles. The molecule has 0 radical (unpaired) electrons. The summed E-state index contributed by atoms with van der Waals surface area (Å²) in [6.07, 6.45) is 3.10. The third-order valence-corrected chi connectivity index (χ3v) is 4.30. The Kier molecular flexibility index (Phi) is 4.19. The molecule has 4 atom stereocenters. The monoisotopic (exact) mass is 226 g/mol. The predicted molar refractivity (Wildman–Crippen MR) is 67.3 cm³/mol. The largest absolute Gasteiger partial charge is 0.391 e. The second kappa shape index (κ2) is 4.89. The summed E-state index contributed by atoms with van der Waals surface area (Å²) in [5, 5.41) is 9.46. The number of hydrogen-bond acceptors (Lipinski definition) is 2. The highest BCUT2D eigenvalue weighted by Crippen LogP contribution is 2.45. The number of aliphatic hydroxyl groups is 1. The van der Waals surface area contributed by atoms with Crippen LogP contribution in [0.5, 0.6) is 0 Å². The fraction of sp³-hybridized carbons (Fsp3) is 0.857. The average molecular weight is 226 g/mol. The Hall–Kier alpha value is -0.340. The number of rotatable bonds is 4. The van der Waals surface area contributed by atoms with Gasteiger partial charge in [-0.3, -0.25) is 0 Å². The van der Waals surface area contributed by atoms with E-state index in [0.29, 0.717) is 5.92 Å². The van der Waals surface area contributed by atoms with Crippen molar-refractivity contribution in [3.05, 3.63) is 11.6 Å². The highest BCUT2D eigenvalue weighted by Gasteiger charge is 2.39. The standard InChI is InChI=1S/C14H26O2/c1-9-7-8-13(14(9,5)6)12(4)16-11(3)10(2)15/h7,10-13,15H,8H2,1-6H3. The Morgan fingerprint density at radius 3 is 2.31 bits per heavy atom. The summed E-state index contributed by atoms with van der Waals surface area (Å²) in [7, 11) is 0. The number of ether oxygens (including phenoxy) is 1. The van der Waals surface area contributed by atoms with Crippen molar-refractivity contribution < 1.29 is 9.84 Å². The van der Waals surface area contributed by atoms with Gasteiger partial charge in [0.15, 0.2) is 0 Å². The second-order valence-electron chi connectivity index (χ2n) is 5.74. The molecule has 16 heavy (non-hydrogen) atoms. The molecule has 2 heteroatoms. The number of aliphatic hydroxyl groups excluding tert-OH is 1. The molecule has 0 bridgehead atoms. The van der Waals surface area contributed by atoms with Gasteiger partial charge < -0.3 is 9.84 Å². The molecule has 0 aromatic rings. The maximum absolute atomic E-state index is 9.46. The zero-order valence-electron chi connectivity index (χ0n) is 11.4. The van der Waals surface area contributed by atoms with E-state index in [1.165, 1.54) is 5.57 Å². The van der Waals surface area contributed by atoms with Gasteiger partial charge in [0.2, 0.25) is 0 Å². The van der Waals surface area contributed by atoms with E-state index in [1.807, 2.05) is 6.92 Å². The first-order valence-corrected chi connectivity index (χ1v) is 6.27. The maximum Gasteiger partial charge on any atom is 0.0806 e. The first-order chi connectivity index (χ1) is 7.26. The van der Waals surface area contributed by atoms with Crippen molar-refractivity contribution in [1.29, 1.82) is 0 Å². The van der Waals surface area contributed by atoms with Crippen LogP contribution in [0.15, 0.2) is 11.6 Å². The van der Waals surface area contributed by atoms with Crippen molar-refractivity contribution in [3.63, 3.8) is 0 Å². The van der Waals surface area contributed by atoms with Crippen molar-refractivity contribution in [2.75, 3.05) is 0 Å². The lowest BCUT2D eigenvalue weighted by Gasteiger charge is -2.35. The molecule has 94 valence electrons. The van der Waals surface area contributed by atoms with Crippen LogP contribution in [0.2, 0.25) is 0 Å². The van der Waals surface area contributed by atoms with Crippen LogP contribution in [-0.4, -0.2) is 23.4 Å². The van der Waals surface area contributed by atoms with Crippen molar-refractivity contribution >= 4 is 0 Å². The Morgan fingerprint density at radius 1 is 1.38 bits per heavy atom. The van der Waals surface area contributed by atoms with Gasteiger partial charge in [0.05, 0.1) is 18.3 Å². The lowest BCUT2D eigenvalue weighted by atomic mass is 9.75. The van der Waals surface area contributed by atoms with Crippen LogP contribution in [0.3, 0.4) is 0 Å². The molecule has 1 aliphatic rings. The maximum atomic E-state index is 9.46. The van der Waals surface area contributed by atoms with Gasteiger partial charge >= 0.3 is 0 Å². The minimum Gasteiger partial charge on any atom is -0.391 e. The summed E-state index contributed by atoms with van der Waals surface area (Å²) in [4.78, 5) is 0. The van der Waals surface area contributed by atoms with Crippen LogP contribution in [0.25, 0.3) is 0 Å². The third kappa shape index (κ3) is 2.67. The van der Waals surface area contributed by atoms with Gasteiger partial charge in [0.25, 0.3) is 0 Å². The summed E-state index contributed by atoms with van der Waals surface area (Å²) >= 11 is 0. The van der Waals surface area contributed by atoms with Crippen LogP contribution >= 0.6 is 0 Å². The van der Waals surface area contributed by atoms with Crippen molar-refractivity contribution in [3.8, 4) is 0 Å². The van der Waals surface area contributed by atoms with E-state index in [4.69, 9.17) is 4.74 Å². The quantitative estimate of drug-likeness (QED) is 0.746. The zero-order valence-corrected chi connectivity index (χ0v) is 11.4. The Morgan fingerprint density at radius 2 is 1.94 bits per heavy atom. The van der Waals surface area contributed by atoms with Crippen molar-refractivity contribution in [2.24, 2.45) is 11.3 Å². The normalized spacial score (nSPS) is 29.7. The molecule has 0 aromatic carbocycles. The van der Waals surface area contributed by atoms with Gasteiger partial charge in [-0.05, 0) is 45.4 Å². The Balaban J connectivity index is 2.60. The molecule has 1 N–H and O–H groups in total. The summed E-state index contributed by atoms with van der Waals surface area (Å²) in [5.41, 5.74) is 1.68. The molecule has 0 amide bonds. The van der Waals surface area contributed by atoms with Gasteiger partial charge in [-0.1, -0.05) is 25.5 Å². The number of hydrogen-bond donors (Lipinski definition) is 1. The molecule has 4 unspecified atom stereocenters. The fourth-order valence-electron chi connectivity index (χ4n) is 2.48. The average Bonchev–Trinajstić information content (AvgIpc) is 2.41. The first kappa shape index (κ1) is 13.7. The van der Waals surface area contributed by atoms with Crippen molar-refractivity contribution in [1.82, 2.24) is 0 Å². The molecule has 0 aromatic heterocycles. The van der Waals surface area contributed by atoms with Gasteiger partial charge in [-0.2, -0.15) is 0 Å². The first-order valence-electron chi connectivity index (χ1n) is 6.27. The van der Waals surface area contributed by atoms with Crippen LogP contribution in [0.4, 0.5) is 0 Å². The zero-order chi connectivity index (χ0) is 12.5. The van der Waals surface area contributed by atoms with E-state index in [1.54, 1.807) is 6.92 Å². The van der Waals surface area contributed by atoms with Gasteiger partial charge in [-0.25, -0.2) is 0 Å². The van der Waals surface area contributed by atoms with Crippen LogP contribution in [-0.2, 0) is 4.74 Å². The van der Waals surface area contributed by atoms with Crippen molar-refractivity contribution in [2.45, 2.75) is 66.3 Å². The topological polar surface area (TPSA) is 29.5 Å². The molecule has 0 aliphatic heterocycles. The molecule has 2 nitrogen and oxygen atoms in total. The highest BCUT2D eigenvalue weighted by molar-refractivity contribution is 5.19. The molecule has 0 spiro atoms. The van der Waals surface area contributed by atoms with E-state index in [0.717, 1.165) is 6.42 Å². The summed E-state index contributed by atoms with van der Waals surface area (Å²) in [6, 6.07) is 0. The van der Waals surface area contributed by atoms with E-state index < -0.39 is 6.10 Å². The van der Waals surface area contributed by atoms with E-state index in [-0.39, 0.29) is 17.6 Å². The molecule has 0 saturated heterocycles. The van der Waals surface area contributed by atoms with E-state index in [2.05, 4.69) is 33.8 Å². The molecular weight excluding hydrogens is 200 g/mol. The lowest BCUT2D eigenvalue weighted by molar-refractivity contribution is -0.0865. The summed E-state index contributed by atoms with van der Waals surface area (Å²) in [6.45, 7) is 12.6. The van der Waals surface area contributed by atoms with E-state index >= 15 is 0 Å². The fourth-order valence-corrected chi connectivity index (χ4v) is 2.48. The predicted octanol–water partition coefficient (Wildman–Crippen LogP) is 3.15. The van der Waals surface area contributed by atoms with Crippen LogP contribution in [0, 0.1) is 11.3 Å². The van der Waals surface area contributed by atoms with Gasteiger partial charge in [0.1, 0.15) is 0 Å². The minimum atomic E-state index is -0.402. The lowest BCUT2D eigenvalue weighted by Crippen LogP contribution is -2.36. The molecule has 1 aliphatic carbocycles. The third-order valence-electron chi connectivity index (χ3n) is 4.30. The van der Waals surface area contributed by atoms with Gasteiger partial charge in [0, 0.05) is 0 Å².